The van der Waals surface area contributed by atoms with E-state index in [0.717, 1.165) is 12.1 Å². The molecule has 0 aliphatic carbocycles. The minimum absolute atomic E-state index is 0.142. The smallest absolute Gasteiger partial charge is 0.122 e. The van der Waals surface area contributed by atoms with Crippen LogP contribution in [-0.2, 0) is 6.54 Å². The highest BCUT2D eigenvalue weighted by atomic mass is 15.2. The number of hydrogen-bond acceptors (Lipinski definition) is 2. The highest BCUT2D eigenvalue weighted by Gasteiger charge is 2.17. The first kappa shape index (κ1) is 12.1. The van der Waals surface area contributed by atoms with Gasteiger partial charge in [-0.2, -0.15) is 0 Å². The van der Waals surface area contributed by atoms with E-state index in [1.54, 1.807) is 0 Å². The maximum absolute atomic E-state index is 7.36. The molecular weight excluding hydrogens is 210 g/mol. The molecule has 17 heavy (non-hydrogen) atoms. The van der Waals surface area contributed by atoms with Gasteiger partial charge in [0.05, 0.1) is 0 Å². The molecule has 1 aromatic carbocycles. The number of nitrogens with one attached hydrogen (secondary N) is 1. The summed E-state index contributed by atoms with van der Waals surface area (Å²) in [6.07, 6.45) is 3.99. The Balaban J connectivity index is 2.00. The molecule has 92 valence electrons. The maximum Gasteiger partial charge on any atom is 0.122 e. The molecule has 0 saturated carbocycles. The van der Waals surface area contributed by atoms with E-state index in [0.29, 0.717) is 6.04 Å². The van der Waals surface area contributed by atoms with Crippen molar-refractivity contribution in [3.05, 3.63) is 35.4 Å². The molecule has 0 bridgehead atoms. The van der Waals surface area contributed by atoms with Crippen LogP contribution in [0.25, 0.3) is 0 Å². The second-order valence-corrected chi connectivity index (χ2v) is 4.93. The standard InChI is InChI=1S/C14H21N3/c1-11-4-2-3-9-17(11)10-12-5-7-13(8-6-12)14(15)16/h5-8,11H,2-4,9-10H2,1H3,(H3,15,16)/t11-/m0/s1. The Labute approximate surface area is 103 Å². The average molecular weight is 231 g/mol. The lowest BCUT2D eigenvalue weighted by atomic mass is 10.0. The van der Waals surface area contributed by atoms with Crippen molar-refractivity contribution in [3.8, 4) is 0 Å². The Kier molecular flexibility index (Phi) is 3.79. The van der Waals surface area contributed by atoms with Gasteiger partial charge in [0.1, 0.15) is 5.84 Å². The van der Waals surface area contributed by atoms with Crippen LogP contribution in [0.1, 0.15) is 37.3 Å². The fourth-order valence-electron chi connectivity index (χ4n) is 2.42. The van der Waals surface area contributed by atoms with E-state index in [1.165, 1.54) is 31.4 Å². The molecule has 0 spiro atoms. The fraction of sp³-hybridized carbons (Fsp3) is 0.500. The van der Waals surface area contributed by atoms with Gasteiger partial charge in [-0.3, -0.25) is 10.3 Å². The number of nitrogen functional groups attached to an aromatic ring is 1. The number of rotatable bonds is 3. The molecule has 1 aromatic rings. The van der Waals surface area contributed by atoms with E-state index in [2.05, 4.69) is 24.0 Å². The second kappa shape index (κ2) is 5.32. The van der Waals surface area contributed by atoms with Crippen molar-refractivity contribution < 1.29 is 0 Å². The third-order valence-electron chi connectivity index (χ3n) is 3.59. The van der Waals surface area contributed by atoms with Crippen molar-refractivity contribution in [1.29, 1.82) is 5.41 Å². The number of nitrogens with two attached hydrogens (primary N) is 1. The number of piperidine rings is 1. The van der Waals surface area contributed by atoms with E-state index in [9.17, 15) is 0 Å². The van der Waals surface area contributed by atoms with Gasteiger partial charge < -0.3 is 5.73 Å². The van der Waals surface area contributed by atoms with Gasteiger partial charge >= 0.3 is 0 Å². The summed E-state index contributed by atoms with van der Waals surface area (Å²) in [5.74, 6) is 0.142. The van der Waals surface area contributed by atoms with Crippen molar-refractivity contribution >= 4 is 5.84 Å². The lowest BCUT2D eigenvalue weighted by Gasteiger charge is -2.33. The van der Waals surface area contributed by atoms with Crippen LogP contribution in [0, 0.1) is 5.41 Å². The first-order valence-electron chi connectivity index (χ1n) is 6.34. The maximum atomic E-state index is 7.36. The summed E-state index contributed by atoms with van der Waals surface area (Å²) in [6.45, 7) is 4.53. The van der Waals surface area contributed by atoms with Crippen LogP contribution in [0.15, 0.2) is 24.3 Å². The molecule has 1 fully saturated rings. The van der Waals surface area contributed by atoms with Crippen LogP contribution in [0.2, 0.25) is 0 Å². The summed E-state index contributed by atoms with van der Waals surface area (Å²) >= 11 is 0. The topological polar surface area (TPSA) is 53.1 Å². The van der Waals surface area contributed by atoms with Gasteiger partial charge in [-0.05, 0) is 31.9 Å². The van der Waals surface area contributed by atoms with Gasteiger partial charge in [0.15, 0.2) is 0 Å². The zero-order valence-corrected chi connectivity index (χ0v) is 10.4. The summed E-state index contributed by atoms with van der Waals surface area (Å²) < 4.78 is 0. The van der Waals surface area contributed by atoms with Crippen LogP contribution < -0.4 is 5.73 Å². The van der Waals surface area contributed by atoms with Crippen LogP contribution in [0.4, 0.5) is 0 Å². The molecule has 3 heteroatoms. The highest BCUT2D eigenvalue weighted by Crippen LogP contribution is 2.19. The molecule has 1 heterocycles. The predicted molar refractivity (Wildman–Crippen MR) is 71.2 cm³/mol. The van der Waals surface area contributed by atoms with Crippen LogP contribution >= 0.6 is 0 Å². The SMILES string of the molecule is C[C@H]1CCCCN1Cc1ccc(C(=N)N)cc1. The van der Waals surface area contributed by atoms with E-state index >= 15 is 0 Å². The summed E-state index contributed by atoms with van der Waals surface area (Å²) in [5, 5.41) is 7.36. The molecule has 2 rings (SSSR count). The minimum atomic E-state index is 0.142. The molecule has 1 saturated heterocycles. The van der Waals surface area contributed by atoms with Crippen LogP contribution in [-0.4, -0.2) is 23.3 Å². The van der Waals surface area contributed by atoms with E-state index < -0.39 is 0 Å². The lowest BCUT2D eigenvalue weighted by molar-refractivity contribution is 0.152. The van der Waals surface area contributed by atoms with Crippen LogP contribution in [0.5, 0.6) is 0 Å². The second-order valence-electron chi connectivity index (χ2n) is 4.93. The van der Waals surface area contributed by atoms with Gasteiger partial charge in [0.25, 0.3) is 0 Å². The molecule has 1 atom stereocenters. The van der Waals surface area contributed by atoms with E-state index in [4.69, 9.17) is 11.1 Å². The van der Waals surface area contributed by atoms with E-state index in [-0.39, 0.29) is 5.84 Å². The van der Waals surface area contributed by atoms with Crippen molar-refractivity contribution in [3.63, 3.8) is 0 Å². The first-order valence-corrected chi connectivity index (χ1v) is 6.34. The molecule has 3 N–H and O–H groups in total. The van der Waals surface area contributed by atoms with Gasteiger partial charge in [0, 0.05) is 18.2 Å². The molecular formula is C14H21N3. The molecule has 1 aliphatic heterocycles. The molecule has 0 unspecified atom stereocenters. The quantitative estimate of drug-likeness (QED) is 0.619. The summed E-state index contributed by atoms with van der Waals surface area (Å²) in [7, 11) is 0. The normalized spacial score (nSPS) is 21.4. The Morgan fingerprint density at radius 3 is 2.65 bits per heavy atom. The zero-order chi connectivity index (χ0) is 12.3. The highest BCUT2D eigenvalue weighted by molar-refractivity contribution is 5.94. The Morgan fingerprint density at radius 1 is 1.35 bits per heavy atom. The van der Waals surface area contributed by atoms with E-state index in [1.807, 2.05) is 12.1 Å². The van der Waals surface area contributed by atoms with Crippen molar-refractivity contribution in [2.45, 2.75) is 38.8 Å². The van der Waals surface area contributed by atoms with Crippen molar-refractivity contribution in [2.24, 2.45) is 5.73 Å². The van der Waals surface area contributed by atoms with Gasteiger partial charge in [-0.25, -0.2) is 0 Å². The largest absolute Gasteiger partial charge is 0.384 e. The number of benzene rings is 1. The number of amidine groups is 1. The molecule has 0 amide bonds. The third kappa shape index (κ3) is 3.07. The van der Waals surface area contributed by atoms with Crippen molar-refractivity contribution in [1.82, 2.24) is 4.90 Å². The minimum Gasteiger partial charge on any atom is -0.384 e. The third-order valence-corrected chi connectivity index (χ3v) is 3.59. The summed E-state index contributed by atoms with van der Waals surface area (Å²) in [6, 6.07) is 8.73. The average Bonchev–Trinajstić information content (AvgIpc) is 2.33. The Hall–Kier alpha value is -1.35. The van der Waals surface area contributed by atoms with Crippen molar-refractivity contribution in [2.75, 3.05) is 6.54 Å². The molecule has 0 aromatic heterocycles. The monoisotopic (exact) mass is 231 g/mol. The fourth-order valence-corrected chi connectivity index (χ4v) is 2.42. The number of likely N-dealkylation sites (tertiary alicyclic amines) is 1. The predicted octanol–water partition coefficient (Wildman–Crippen LogP) is 2.35. The van der Waals surface area contributed by atoms with Gasteiger partial charge in [-0.1, -0.05) is 30.7 Å². The summed E-state index contributed by atoms with van der Waals surface area (Å²) in [4.78, 5) is 2.53. The first-order chi connectivity index (χ1) is 8.16. The van der Waals surface area contributed by atoms with Gasteiger partial charge in [0.2, 0.25) is 0 Å². The Morgan fingerprint density at radius 2 is 2.06 bits per heavy atom. The molecule has 1 aliphatic rings. The van der Waals surface area contributed by atoms with Crippen LogP contribution in [0.3, 0.4) is 0 Å². The Bertz CT molecular complexity index is 383. The zero-order valence-electron chi connectivity index (χ0n) is 10.4. The molecule has 3 nitrogen and oxygen atoms in total. The lowest BCUT2D eigenvalue weighted by Crippen LogP contribution is -2.36. The number of hydrogen-bond donors (Lipinski definition) is 2. The summed E-state index contributed by atoms with van der Waals surface area (Å²) in [5.41, 5.74) is 7.56. The molecule has 0 radical (unpaired) electrons. The van der Waals surface area contributed by atoms with Gasteiger partial charge in [-0.15, -0.1) is 0 Å². The number of nitrogens with zero attached hydrogens (tertiary/aromatic N) is 1.